The second-order valence-corrected chi connectivity index (χ2v) is 5.07. The molecular formula is C17H30N2. The van der Waals surface area contributed by atoms with Crippen molar-refractivity contribution >= 4 is 6.21 Å². The average Bonchev–Trinajstić information content (AvgIpc) is 2.39. The first kappa shape index (κ1) is 17.8. The lowest BCUT2D eigenvalue weighted by Crippen LogP contribution is -2.23. The molecule has 0 heterocycles. The lowest BCUT2D eigenvalue weighted by atomic mass is 10.0. The number of nitrogens with one attached hydrogen (secondary N) is 1. The van der Waals surface area contributed by atoms with E-state index >= 15 is 0 Å². The minimum atomic E-state index is 0.333. The van der Waals surface area contributed by atoms with Crippen LogP contribution in [0.5, 0.6) is 0 Å². The highest BCUT2D eigenvalue weighted by Crippen LogP contribution is 2.13. The van der Waals surface area contributed by atoms with Gasteiger partial charge in [0.15, 0.2) is 0 Å². The summed E-state index contributed by atoms with van der Waals surface area (Å²) in [4.78, 5) is 4.53. The number of aliphatic imine (C=N–C) groups is 1. The maximum Gasteiger partial charge on any atom is 0.0505 e. The van der Waals surface area contributed by atoms with Gasteiger partial charge in [0.25, 0.3) is 0 Å². The first-order valence-electron chi connectivity index (χ1n) is 7.23. The van der Waals surface area contributed by atoms with Crippen LogP contribution in [0.1, 0.15) is 46.0 Å². The van der Waals surface area contributed by atoms with Crippen molar-refractivity contribution in [3.8, 4) is 0 Å². The fourth-order valence-corrected chi connectivity index (χ4v) is 1.70. The lowest BCUT2D eigenvalue weighted by Gasteiger charge is -2.10. The quantitative estimate of drug-likeness (QED) is 0.335. The summed E-state index contributed by atoms with van der Waals surface area (Å²) in [5.41, 5.74) is 1.30. The van der Waals surface area contributed by atoms with Crippen LogP contribution in [0.2, 0.25) is 0 Å². The van der Waals surface area contributed by atoms with Gasteiger partial charge in [-0.3, -0.25) is 4.99 Å². The zero-order valence-electron chi connectivity index (χ0n) is 12.9. The predicted octanol–water partition coefficient (Wildman–Crippen LogP) is 4.30. The maximum atomic E-state index is 4.53. The highest BCUT2D eigenvalue weighted by molar-refractivity contribution is 5.63. The summed E-state index contributed by atoms with van der Waals surface area (Å²) in [6.07, 6.45) is 13.7. The standard InChI is InChI=1S/C17H30N2/c1-6-7-8-9-10-11-12-15(2)13-16(3)19-14-17(4)18-5/h6,8-9,14,16-18H,1-2,7,10-13H2,3-5H3/b9-8+,19-14?/t16-,17-/m0/s1. The zero-order chi connectivity index (χ0) is 14.5. The molecule has 0 aliphatic rings. The third-order valence-corrected chi connectivity index (χ3v) is 2.97. The Kier molecular flexibility index (Phi) is 11.2. The van der Waals surface area contributed by atoms with Crippen molar-refractivity contribution in [3.05, 3.63) is 37.0 Å². The summed E-state index contributed by atoms with van der Waals surface area (Å²) in [6, 6.07) is 0.672. The molecule has 0 unspecified atom stereocenters. The summed E-state index contributed by atoms with van der Waals surface area (Å²) in [5, 5.41) is 3.15. The number of nitrogens with zero attached hydrogens (tertiary/aromatic N) is 1. The Bertz CT molecular complexity index is 302. The molecule has 2 atom stereocenters. The van der Waals surface area contributed by atoms with Crippen molar-refractivity contribution in [1.29, 1.82) is 0 Å². The van der Waals surface area contributed by atoms with Gasteiger partial charge < -0.3 is 5.32 Å². The zero-order valence-corrected chi connectivity index (χ0v) is 12.9. The summed E-state index contributed by atoms with van der Waals surface area (Å²) >= 11 is 0. The van der Waals surface area contributed by atoms with E-state index in [9.17, 15) is 0 Å². The normalized spacial score (nSPS) is 14.9. The van der Waals surface area contributed by atoms with Crippen LogP contribution in [0.4, 0.5) is 0 Å². The van der Waals surface area contributed by atoms with E-state index in [-0.39, 0.29) is 0 Å². The third-order valence-electron chi connectivity index (χ3n) is 2.97. The molecule has 1 N–H and O–H groups in total. The van der Waals surface area contributed by atoms with Crippen LogP contribution >= 0.6 is 0 Å². The topological polar surface area (TPSA) is 24.4 Å². The van der Waals surface area contributed by atoms with Crippen molar-refractivity contribution in [2.45, 2.75) is 58.0 Å². The number of hydrogen-bond donors (Lipinski definition) is 1. The van der Waals surface area contributed by atoms with E-state index in [0.717, 1.165) is 25.7 Å². The molecule has 0 aromatic rings. The molecule has 0 spiro atoms. The van der Waals surface area contributed by atoms with Gasteiger partial charge in [-0.05, 0) is 53.0 Å². The molecule has 0 saturated carbocycles. The molecule has 0 aromatic carbocycles. The first-order valence-corrected chi connectivity index (χ1v) is 7.23. The van der Waals surface area contributed by atoms with Crippen molar-refractivity contribution in [2.75, 3.05) is 7.05 Å². The second-order valence-electron chi connectivity index (χ2n) is 5.07. The van der Waals surface area contributed by atoms with Gasteiger partial charge in [-0.2, -0.15) is 0 Å². The molecule has 0 bridgehead atoms. The Balaban J connectivity index is 3.73. The Morgan fingerprint density at radius 3 is 2.68 bits per heavy atom. The van der Waals surface area contributed by atoms with Gasteiger partial charge in [0.05, 0.1) is 6.04 Å². The van der Waals surface area contributed by atoms with Crippen LogP contribution in [0.25, 0.3) is 0 Å². The van der Waals surface area contributed by atoms with Crippen LogP contribution in [0.3, 0.4) is 0 Å². The highest BCUT2D eigenvalue weighted by Gasteiger charge is 2.02. The van der Waals surface area contributed by atoms with Crippen molar-refractivity contribution in [3.63, 3.8) is 0 Å². The Labute approximate surface area is 119 Å². The van der Waals surface area contributed by atoms with Gasteiger partial charge in [-0.25, -0.2) is 0 Å². The van der Waals surface area contributed by atoms with Gasteiger partial charge in [0.2, 0.25) is 0 Å². The van der Waals surface area contributed by atoms with E-state index in [1.165, 1.54) is 12.0 Å². The van der Waals surface area contributed by atoms with E-state index in [0.29, 0.717) is 12.1 Å². The Morgan fingerprint density at radius 2 is 2.05 bits per heavy atom. The lowest BCUT2D eigenvalue weighted by molar-refractivity contribution is 0.685. The molecule has 0 saturated heterocycles. The fraction of sp³-hybridized carbons (Fsp3) is 0.588. The number of allylic oxidation sites excluding steroid dienone is 3. The molecule has 0 fully saturated rings. The van der Waals surface area contributed by atoms with Crippen molar-refractivity contribution in [2.24, 2.45) is 4.99 Å². The highest BCUT2D eigenvalue weighted by atomic mass is 14.9. The molecule has 0 aliphatic carbocycles. The summed E-state index contributed by atoms with van der Waals surface area (Å²) in [5.74, 6) is 0. The number of hydrogen-bond acceptors (Lipinski definition) is 2. The van der Waals surface area contributed by atoms with Gasteiger partial charge in [-0.1, -0.05) is 30.4 Å². The van der Waals surface area contributed by atoms with Gasteiger partial charge >= 0.3 is 0 Å². The molecule has 0 amide bonds. The van der Waals surface area contributed by atoms with Gasteiger partial charge in [0, 0.05) is 12.3 Å². The van der Waals surface area contributed by atoms with E-state index in [1.54, 1.807) is 0 Å². The van der Waals surface area contributed by atoms with Gasteiger partial charge in [-0.15, -0.1) is 6.58 Å². The monoisotopic (exact) mass is 262 g/mol. The molecule has 0 aromatic heterocycles. The molecular weight excluding hydrogens is 232 g/mol. The van der Waals surface area contributed by atoms with Crippen LogP contribution in [0, 0.1) is 0 Å². The molecule has 0 radical (unpaired) electrons. The summed E-state index contributed by atoms with van der Waals surface area (Å²) < 4.78 is 0. The first-order chi connectivity index (χ1) is 9.10. The maximum absolute atomic E-state index is 4.53. The Morgan fingerprint density at radius 1 is 1.32 bits per heavy atom. The summed E-state index contributed by atoms with van der Waals surface area (Å²) in [7, 11) is 1.94. The predicted molar refractivity (Wildman–Crippen MR) is 88.0 cm³/mol. The number of rotatable bonds is 11. The largest absolute Gasteiger partial charge is 0.312 e. The molecule has 19 heavy (non-hydrogen) atoms. The van der Waals surface area contributed by atoms with Crippen LogP contribution in [-0.2, 0) is 0 Å². The number of unbranched alkanes of at least 4 members (excludes halogenated alkanes) is 1. The van der Waals surface area contributed by atoms with Crippen LogP contribution in [-0.4, -0.2) is 25.3 Å². The molecule has 2 heteroatoms. The summed E-state index contributed by atoms with van der Waals surface area (Å²) in [6.45, 7) is 12.1. The Hall–Kier alpha value is -1.15. The molecule has 0 rings (SSSR count). The van der Waals surface area contributed by atoms with Crippen molar-refractivity contribution < 1.29 is 0 Å². The minimum absolute atomic E-state index is 0.333. The van der Waals surface area contributed by atoms with E-state index in [2.05, 4.69) is 49.5 Å². The van der Waals surface area contributed by atoms with Gasteiger partial charge in [0.1, 0.15) is 0 Å². The second kappa shape index (κ2) is 11.9. The van der Waals surface area contributed by atoms with E-state index in [1.807, 2.05) is 19.3 Å². The van der Waals surface area contributed by atoms with Crippen LogP contribution in [0.15, 0.2) is 42.0 Å². The minimum Gasteiger partial charge on any atom is -0.312 e. The fourth-order valence-electron chi connectivity index (χ4n) is 1.70. The molecule has 108 valence electrons. The smallest absolute Gasteiger partial charge is 0.0505 e. The molecule has 2 nitrogen and oxygen atoms in total. The van der Waals surface area contributed by atoms with E-state index in [4.69, 9.17) is 0 Å². The van der Waals surface area contributed by atoms with Crippen LogP contribution < -0.4 is 5.32 Å². The third kappa shape index (κ3) is 11.7. The van der Waals surface area contributed by atoms with E-state index < -0.39 is 0 Å². The SMILES string of the molecule is C=CC/C=C/CCCC(=C)C[C@H](C)N=C[C@H](C)NC. The van der Waals surface area contributed by atoms with Crippen molar-refractivity contribution in [1.82, 2.24) is 5.32 Å². The average molecular weight is 262 g/mol. The molecule has 0 aliphatic heterocycles.